The fraction of sp³-hybridized carbons (Fsp3) is 0.400. The standard InChI is InChI=1S/C10H11F2N/c1-10(12)5-7-3-2-4-8(11)9(7)13-6-10/h2-4,13H,5-6H2,1H3. The van der Waals surface area contributed by atoms with Gasteiger partial charge in [0.25, 0.3) is 0 Å². The zero-order valence-electron chi connectivity index (χ0n) is 7.40. The summed E-state index contributed by atoms with van der Waals surface area (Å²) in [5.74, 6) is -0.298. The monoisotopic (exact) mass is 183 g/mol. The van der Waals surface area contributed by atoms with E-state index in [-0.39, 0.29) is 18.8 Å². The van der Waals surface area contributed by atoms with Crippen molar-refractivity contribution >= 4 is 5.69 Å². The van der Waals surface area contributed by atoms with E-state index in [0.717, 1.165) is 5.56 Å². The smallest absolute Gasteiger partial charge is 0.146 e. The molecule has 1 heterocycles. The van der Waals surface area contributed by atoms with Crippen molar-refractivity contribution in [1.82, 2.24) is 0 Å². The first-order valence-corrected chi connectivity index (χ1v) is 4.29. The van der Waals surface area contributed by atoms with Crippen LogP contribution in [-0.2, 0) is 6.42 Å². The minimum Gasteiger partial charge on any atom is -0.379 e. The van der Waals surface area contributed by atoms with Gasteiger partial charge < -0.3 is 5.32 Å². The Morgan fingerprint density at radius 2 is 2.23 bits per heavy atom. The van der Waals surface area contributed by atoms with Gasteiger partial charge in [0.15, 0.2) is 0 Å². The summed E-state index contributed by atoms with van der Waals surface area (Å²) < 4.78 is 26.6. The predicted molar refractivity (Wildman–Crippen MR) is 48.1 cm³/mol. The third-order valence-electron chi connectivity index (χ3n) is 2.29. The normalized spacial score (nSPS) is 26.4. The molecule has 0 aromatic heterocycles. The van der Waals surface area contributed by atoms with E-state index in [1.807, 2.05) is 0 Å². The molecule has 13 heavy (non-hydrogen) atoms. The van der Waals surface area contributed by atoms with E-state index in [1.54, 1.807) is 12.1 Å². The molecular weight excluding hydrogens is 172 g/mol. The van der Waals surface area contributed by atoms with Crippen molar-refractivity contribution in [3.63, 3.8) is 0 Å². The number of rotatable bonds is 0. The van der Waals surface area contributed by atoms with Gasteiger partial charge in [0, 0.05) is 13.0 Å². The summed E-state index contributed by atoms with van der Waals surface area (Å²) in [6, 6.07) is 4.74. The van der Waals surface area contributed by atoms with E-state index < -0.39 is 5.67 Å². The lowest BCUT2D eigenvalue weighted by Crippen LogP contribution is -2.35. The van der Waals surface area contributed by atoms with Crippen LogP contribution in [0.15, 0.2) is 18.2 Å². The first-order valence-electron chi connectivity index (χ1n) is 4.29. The molecule has 1 aliphatic rings. The molecule has 0 saturated heterocycles. The zero-order chi connectivity index (χ0) is 9.47. The number of hydrogen-bond acceptors (Lipinski definition) is 1. The highest BCUT2D eigenvalue weighted by Crippen LogP contribution is 2.30. The van der Waals surface area contributed by atoms with E-state index in [9.17, 15) is 8.78 Å². The molecule has 0 bridgehead atoms. The molecule has 2 rings (SSSR count). The molecule has 3 heteroatoms. The molecule has 0 aliphatic carbocycles. The maximum atomic E-state index is 13.5. The van der Waals surface area contributed by atoms with Crippen LogP contribution in [0.1, 0.15) is 12.5 Å². The first kappa shape index (κ1) is 8.48. The van der Waals surface area contributed by atoms with Crippen LogP contribution in [0.4, 0.5) is 14.5 Å². The average Bonchev–Trinajstić information content (AvgIpc) is 2.02. The van der Waals surface area contributed by atoms with Gasteiger partial charge in [0.2, 0.25) is 0 Å². The minimum absolute atomic E-state index is 0.181. The van der Waals surface area contributed by atoms with Crippen LogP contribution in [0.3, 0.4) is 0 Å². The van der Waals surface area contributed by atoms with Crippen molar-refractivity contribution in [2.45, 2.75) is 19.0 Å². The zero-order valence-corrected chi connectivity index (χ0v) is 7.40. The summed E-state index contributed by atoms with van der Waals surface area (Å²) in [4.78, 5) is 0. The number of para-hydroxylation sites is 1. The molecule has 1 aromatic carbocycles. The Morgan fingerprint density at radius 3 is 3.00 bits per heavy atom. The number of benzene rings is 1. The minimum atomic E-state index is -1.26. The van der Waals surface area contributed by atoms with Crippen molar-refractivity contribution in [3.05, 3.63) is 29.6 Å². The maximum absolute atomic E-state index is 13.5. The highest BCUT2D eigenvalue weighted by molar-refractivity contribution is 5.55. The molecule has 1 atom stereocenters. The topological polar surface area (TPSA) is 12.0 Å². The summed E-state index contributed by atoms with van der Waals surface area (Å²) in [6.07, 6.45) is 0.285. The van der Waals surface area contributed by atoms with E-state index >= 15 is 0 Å². The summed E-state index contributed by atoms with van der Waals surface area (Å²) in [6.45, 7) is 1.70. The molecule has 0 saturated carbocycles. The van der Waals surface area contributed by atoms with Gasteiger partial charge in [-0.15, -0.1) is 0 Å². The van der Waals surface area contributed by atoms with Gasteiger partial charge >= 0.3 is 0 Å². The van der Waals surface area contributed by atoms with Crippen molar-refractivity contribution in [2.24, 2.45) is 0 Å². The summed E-state index contributed by atoms with van der Waals surface area (Å²) >= 11 is 0. The van der Waals surface area contributed by atoms with Gasteiger partial charge in [-0.3, -0.25) is 0 Å². The van der Waals surface area contributed by atoms with E-state index in [2.05, 4.69) is 5.32 Å². The van der Waals surface area contributed by atoms with Gasteiger partial charge in [-0.05, 0) is 18.6 Å². The molecule has 1 aliphatic heterocycles. The van der Waals surface area contributed by atoms with Crippen LogP contribution in [0.5, 0.6) is 0 Å². The SMILES string of the molecule is CC1(F)CNc2c(F)cccc2C1. The first-order chi connectivity index (χ1) is 6.08. The molecule has 0 fully saturated rings. The number of alkyl halides is 1. The van der Waals surface area contributed by atoms with Crippen LogP contribution < -0.4 is 5.32 Å². The molecule has 0 radical (unpaired) electrons. The number of hydrogen-bond donors (Lipinski definition) is 1. The second kappa shape index (κ2) is 2.69. The summed E-state index contributed by atoms with van der Waals surface area (Å²) in [7, 11) is 0. The van der Waals surface area contributed by atoms with Crippen molar-refractivity contribution < 1.29 is 8.78 Å². The molecule has 70 valence electrons. The van der Waals surface area contributed by atoms with Gasteiger partial charge in [-0.25, -0.2) is 8.78 Å². The van der Waals surface area contributed by atoms with Gasteiger partial charge in [-0.1, -0.05) is 12.1 Å². The van der Waals surface area contributed by atoms with E-state index in [0.29, 0.717) is 5.69 Å². The third-order valence-corrected chi connectivity index (χ3v) is 2.29. The number of nitrogens with one attached hydrogen (secondary N) is 1. The van der Waals surface area contributed by atoms with E-state index in [4.69, 9.17) is 0 Å². The van der Waals surface area contributed by atoms with Crippen LogP contribution in [-0.4, -0.2) is 12.2 Å². The van der Waals surface area contributed by atoms with Crippen LogP contribution in [0.2, 0.25) is 0 Å². The van der Waals surface area contributed by atoms with Crippen molar-refractivity contribution in [1.29, 1.82) is 0 Å². The Morgan fingerprint density at radius 1 is 1.46 bits per heavy atom. The largest absolute Gasteiger partial charge is 0.379 e. The van der Waals surface area contributed by atoms with Gasteiger partial charge in [0.1, 0.15) is 11.5 Å². The fourth-order valence-electron chi connectivity index (χ4n) is 1.65. The summed E-state index contributed by atoms with van der Waals surface area (Å²) in [5.41, 5.74) is -0.0882. The Labute approximate surface area is 75.8 Å². The lowest BCUT2D eigenvalue weighted by Gasteiger charge is -2.29. The summed E-state index contributed by atoms with van der Waals surface area (Å²) in [5, 5.41) is 2.77. The molecule has 1 N–H and O–H groups in total. The van der Waals surface area contributed by atoms with Crippen LogP contribution in [0, 0.1) is 5.82 Å². The van der Waals surface area contributed by atoms with E-state index in [1.165, 1.54) is 13.0 Å². The second-order valence-corrected chi connectivity index (χ2v) is 3.72. The molecule has 1 unspecified atom stereocenters. The maximum Gasteiger partial charge on any atom is 0.146 e. The van der Waals surface area contributed by atoms with Crippen LogP contribution in [0.25, 0.3) is 0 Å². The molecular formula is C10H11F2N. The second-order valence-electron chi connectivity index (χ2n) is 3.72. The predicted octanol–water partition coefficient (Wildman–Crippen LogP) is 2.52. The molecule has 1 aromatic rings. The quantitative estimate of drug-likeness (QED) is 0.651. The van der Waals surface area contributed by atoms with Gasteiger partial charge in [0.05, 0.1) is 5.69 Å². The Balaban J connectivity index is 2.42. The molecule has 1 nitrogen and oxygen atoms in total. The fourth-order valence-corrected chi connectivity index (χ4v) is 1.65. The Hall–Kier alpha value is -1.12. The third kappa shape index (κ3) is 1.50. The molecule has 0 spiro atoms. The number of fused-ring (bicyclic) bond motifs is 1. The number of halogens is 2. The average molecular weight is 183 g/mol. The Kier molecular flexibility index (Phi) is 1.75. The van der Waals surface area contributed by atoms with Crippen molar-refractivity contribution in [2.75, 3.05) is 11.9 Å². The van der Waals surface area contributed by atoms with Gasteiger partial charge in [-0.2, -0.15) is 0 Å². The highest BCUT2D eigenvalue weighted by atomic mass is 19.1. The lowest BCUT2D eigenvalue weighted by molar-refractivity contribution is 0.201. The highest BCUT2D eigenvalue weighted by Gasteiger charge is 2.30. The Bertz CT molecular complexity index is 334. The molecule has 0 amide bonds. The van der Waals surface area contributed by atoms with Crippen LogP contribution >= 0.6 is 0 Å². The lowest BCUT2D eigenvalue weighted by atomic mass is 9.93. The number of anilines is 1. The van der Waals surface area contributed by atoms with Crippen molar-refractivity contribution in [3.8, 4) is 0 Å².